The molecule has 2 fully saturated rings. The number of carbonyl (C=O) groups is 3. The Bertz CT molecular complexity index is 1510. The zero-order valence-electron chi connectivity index (χ0n) is 24.3. The third-order valence-corrected chi connectivity index (χ3v) is 7.84. The summed E-state index contributed by atoms with van der Waals surface area (Å²) in [6, 6.07) is 21.2. The first-order chi connectivity index (χ1) is 21.0. The average molecular weight is 581 g/mol. The Balaban J connectivity index is 1.39. The lowest BCUT2D eigenvalue weighted by Gasteiger charge is -2.27. The molecule has 0 aromatic heterocycles. The van der Waals surface area contributed by atoms with Crippen molar-refractivity contribution in [3.05, 3.63) is 89.0 Å². The van der Waals surface area contributed by atoms with E-state index in [0.29, 0.717) is 73.0 Å². The van der Waals surface area contributed by atoms with Crippen molar-refractivity contribution in [3.8, 4) is 11.8 Å². The van der Waals surface area contributed by atoms with Gasteiger partial charge in [0.1, 0.15) is 5.75 Å². The third kappa shape index (κ3) is 7.13. The van der Waals surface area contributed by atoms with Gasteiger partial charge in [0.15, 0.2) is 0 Å². The number of carbonyl (C=O) groups excluding carboxylic acids is 3. The van der Waals surface area contributed by atoms with Crippen molar-refractivity contribution in [2.45, 2.75) is 12.8 Å². The minimum absolute atomic E-state index is 0.0674. The molecule has 3 amide bonds. The van der Waals surface area contributed by atoms with Gasteiger partial charge in [0.25, 0.3) is 17.7 Å². The fourth-order valence-electron chi connectivity index (χ4n) is 5.47. The number of nitriles is 1. The van der Waals surface area contributed by atoms with E-state index >= 15 is 0 Å². The van der Waals surface area contributed by atoms with E-state index in [-0.39, 0.29) is 17.7 Å². The average Bonchev–Trinajstić information content (AvgIpc) is 3.48. The molecule has 222 valence electrons. The van der Waals surface area contributed by atoms with Crippen molar-refractivity contribution in [1.29, 1.82) is 5.26 Å². The van der Waals surface area contributed by atoms with Crippen LogP contribution < -0.4 is 20.3 Å². The number of nitrogens with zero attached hydrogens (tertiary/aromatic N) is 4. The highest BCUT2D eigenvalue weighted by Crippen LogP contribution is 2.30. The summed E-state index contributed by atoms with van der Waals surface area (Å²) < 4.78 is 5.30. The SMILES string of the molecule is COc1cccc(C(=O)Nc2cc(C(=O)N3CCCNCC3)ccc2N2CCCN(C(=O)c3ccc(C#N)cc3)CC2)c1. The number of amides is 3. The summed E-state index contributed by atoms with van der Waals surface area (Å²) in [5, 5.41) is 15.5. The van der Waals surface area contributed by atoms with Gasteiger partial charge in [0.2, 0.25) is 0 Å². The van der Waals surface area contributed by atoms with Crippen molar-refractivity contribution in [1.82, 2.24) is 15.1 Å². The molecular weight excluding hydrogens is 544 g/mol. The molecule has 0 aliphatic carbocycles. The van der Waals surface area contributed by atoms with Crippen LogP contribution in [0.25, 0.3) is 0 Å². The van der Waals surface area contributed by atoms with Crippen LogP contribution in [0, 0.1) is 11.3 Å². The number of hydrogen-bond donors (Lipinski definition) is 2. The number of hydrogen-bond acceptors (Lipinski definition) is 7. The van der Waals surface area contributed by atoms with Crippen molar-refractivity contribution < 1.29 is 19.1 Å². The van der Waals surface area contributed by atoms with Gasteiger partial charge in [0.05, 0.1) is 30.1 Å². The molecule has 43 heavy (non-hydrogen) atoms. The summed E-state index contributed by atoms with van der Waals surface area (Å²) >= 11 is 0. The summed E-state index contributed by atoms with van der Waals surface area (Å²) in [6.45, 7) is 5.22. The molecule has 10 heteroatoms. The van der Waals surface area contributed by atoms with Gasteiger partial charge in [-0.2, -0.15) is 5.26 Å². The van der Waals surface area contributed by atoms with Crippen molar-refractivity contribution in [3.63, 3.8) is 0 Å². The van der Waals surface area contributed by atoms with Crippen LogP contribution in [0.2, 0.25) is 0 Å². The van der Waals surface area contributed by atoms with Gasteiger partial charge in [-0.3, -0.25) is 14.4 Å². The highest BCUT2D eigenvalue weighted by molar-refractivity contribution is 6.07. The van der Waals surface area contributed by atoms with Crippen molar-refractivity contribution >= 4 is 29.1 Å². The largest absolute Gasteiger partial charge is 0.497 e. The monoisotopic (exact) mass is 580 g/mol. The topological polar surface area (TPSA) is 118 Å². The minimum atomic E-state index is -0.309. The van der Waals surface area contributed by atoms with E-state index in [1.165, 1.54) is 0 Å². The number of anilines is 2. The maximum atomic E-state index is 13.5. The Kier molecular flexibility index (Phi) is 9.54. The Morgan fingerprint density at radius 2 is 1.53 bits per heavy atom. The van der Waals surface area contributed by atoms with Gasteiger partial charge in [-0.05, 0) is 80.1 Å². The standard InChI is InChI=1S/C33H36N6O4/c1-43-28-6-2-5-26(21-28)31(40)36-29-22-27(33(42)38-15-3-13-35-14-18-38)11-12-30(29)37-16-4-17-39(20-19-37)32(41)25-9-7-24(23-34)8-10-25/h2,5-12,21-22,35H,3-4,13-20H2,1H3,(H,36,40). The maximum Gasteiger partial charge on any atom is 0.255 e. The molecule has 2 aliphatic rings. The summed E-state index contributed by atoms with van der Waals surface area (Å²) in [4.78, 5) is 45.9. The lowest BCUT2D eigenvalue weighted by atomic mass is 10.1. The Morgan fingerprint density at radius 3 is 2.33 bits per heavy atom. The van der Waals surface area contributed by atoms with Gasteiger partial charge in [-0.15, -0.1) is 0 Å². The molecule has 0 atom stereocenters. The minimum Gasteiger partial charge on any atom is -0.497 e. The van der Waals surface area contributed by atoms with E-state index in [1.54, 1.807) is 61.7 Å². The number of rotatable bonds is 6. The Morgan fingerprint density at radius 1 is 0.791 bits per heavy atom. The zero-order valence-corrected chi connectivity index (χ0v) is 24.3. The summed E-state index contributed by atoms with van der Waals surface area (Å²) in [6.07, 6.45) is 1.61. The second kappa shape index (κ2) is 13.9. The highest BCUT2D eigenvalue weighted by atomic mass is 16.5. The smallest absolute Gasteiger partial charge is 0.255 e. The molecule has 3 aromatic carbocycles. The lowest BCUT2D eigenvalue weighted by molar-refractivity contribution is 0.0759. The quantitative estimate of drug-likeness (QED) is 0.457. The van der Waals surface area contributed by atoms with Crippen LogP contribution in [0.1, 0.15) is 49.5 Å². The van der Waals surface area contributed by atoms with Crippen LogP contribution in [0.5, 0.6) is 5.75 Å². The molecule has 3 aromatic rings. The van der Waals surface area contributed by atoms with E-state index in [1.807, 2.05) is 21.9 Å². The summed E-state index contributed by atoms with van der Waals surface area (Å²) in [7, 11) is 1.55. The van der Waals surface area contributed by atoms with Gasteiger partial charge in [0, 0.05) is 62.5 Å². The molecule has 2 aliphatic heterocycles. The molecular formula is C33H36N6O4. The Labute approximate surface area is 251 Å². The molecule has 0 unspecified atom stereocenters. The molecule has 10 nitrogen and oxygen atoms in total. The molecule has 2 saturated heterocycles. The van der Waals surface area contributed by atoms with Crippen LogP contribution >= 0.6 is 0 Å². The van der Waals surface area contributed by atoms with E-state index in [0.717, 1.165) is 31.6 Å². The molecule has 0 radical (unpaired) electrons. The predicted molar refractivity (Wildman–Crippen MR) is 165 cm³/mol. The summed E-state index contributed by atoms with van der Waals surface area (Å²) in [5.41, 5.74) is 3.34. The van der Waals surface area contributed by atoms with Crippen LogP contribution in [0.15, 0.2) is 66.7 Å². The number of benzene rings is 3. The number of ether oxygens (including phenoxy) is 1. The molecule has 0 saturated carbocycles. The molecule has 0 bridgehead atoms. The van der Waals surface area contributed by atoms with Gasteiger partial charge >= 0.3 is 0 Å². The van der Waals surface area contributed by atoms with E-state index < -0.39 is 0 Å². The lowest BCUT2D eigenvalue weighted by Crippen LogP contribution is -2.35. The third-order valence-electron chi connectivity index (χ3n) is 7.84. The molecule has 5 rings (SSSR count). The predicted octanol–water partition coefficient (Wildman–Crippen LogP) is 3.61. The van der Waals surface area contributed by atoms with Crippen molar-refractivity contribution in [2.24, 2.45) is 0 Å². The van der Waals surface area contributed by atoms with Gasteiger partial charge < -0.3 is 30.1 Å². The first kappa shape index (κ1) is 29.6. The van der Waals surface area contributed by atoms with Crippen LogP contribution in [0.3, 0.4) is 0 Å². The van der Waals surface area contributed by atoms with Gasteiger partial charge in [-0.1, -0.05) is 6.07 Å². The molecule has 2 heterocycles. The summed E-state index contributed by atoms with van der Waals surface area (Å²) in [5.74, 6) is 0.121. The molecule has 2 N–H and O–H groups in total. The zero-order chi connectivity index (χ0) is 30.2. The number of nitrogens with one attached hydrogen (secondary N) is 2. The van der Waals surface area contributed by atoms with Crippen molar-refractivity contribution in [2.75, 3.05) is 69.7 Å². The fourth-order valence-corrected chi connectivity index (χ4v) is 5.47. The highest BCUT2D eigenvalue weighted by Gasteiger charge is 2.24. The van der Waals surface area contributed by atoms with Crippen LogP contribution in [0.4, 0.5) is 11.4 Å². The first-order valence-electron chi connectivity index (χ1n) is 14.6. The van der Waals surface area contributed by atoms with E-state index in [2.05, 4.69) is 21.6 Å². The van der Waals surface area contributed by atoms with Crippen LogP contribution in [-0.2, 0) is 0 Å². The maximum absolute atomic E-state index is 13.5. The van der Waals surface area contributed by atoms with Crippen LogP contribution in [-0.4, -0.2) is 87.0 Å². The molecule has 0 spiro atoms. The van der Waals surface area contributed by atoms with Gasteiger partial charge in [-0.25, -0.2) is 0 Å². The Hall–Kier alpha value is -4.88. The number of methoxy groups -OCH3 is 1. The van der Waals surface area contributed by atoms with E-state index in [9.17, 15) is 14.4 Å². The fraction of sp³-hybridized carbons (Fsp3) is 0.333. The normalized spacial score (nSPS) is 15.6. The second-order valence-corrected chi connectivity index (χ2v) is 10.6. The first-order valence-corrected chi connectivity index (χ1v) is 14.6. The second-order valence-electron chi connectivity index (χ2n) is 10.6. The van der Waals surface area contributed by atoms with E-state index in [4.69, 9.17) is 10.00 Å².